The summed E-state index contributed by atoms with van der Waals surface area (Å²) in [5.41, 5.74) is -0.477. The van der Waals surface area contributed by atoms with Crippen LogP contribution < -0.4 is 5.32 Å². The van der Waals surface area contributed by atoms with E-state index in [0.717, 1.165) is 18.8 Å². The van der Waals surface area contributed by atoms with E-state index in [-0.39, 0.29) is 0 Å². The second-order valence-electron chi connectivity index (χ2n) is 5.12. The number of imidazole rings is 1. The molecule has 0 radical (unpaired) electrons. The van der Waals surface area contributed by atoms with Crippen LogP contribution in [0.4, 0.5) is 0 Å². The Labute approximate surface area is 109 Å². The average molecular weight is 249 g/mol. The Morgan fingerprint density at radius 2 is 2.33 bits per heavy atom. The summed E-state index contributed by atoms with van der Waals surface area (Å²) in [4.78, 5) is 6.53. The second kappa shape index (κ2) is 5.98. The van der Waals surface area contributed by atoms with Gasteiger partial charge in [0.1, 0.15) is 11.4 Å². The van der Waals surface area contributed by atoms with Crippen LogP contribution in [0.5, 0.6) is 0 Å². The molecule has 5 heteroatoms. The molecule has 0 bridgehead atoms. The first kappa shape index (κ1) is 14.7. The van der Waals surface area contributed by atoms with Crippen LogP contribution in [0.15, 0.2) is 12.4 Å². The highest BCUT2D eigenvalue weighted by Crippen LogP contribution is 2.15. The van der Waals surface area contributed by atoms with Gasteiger partial charge in [0.15, 0.2) is 0 Å². The highest BCUT2D eigenvalue weighted by Gasteiger charge is 2.26. The quantitative estimate of drug-likeness (QED) is 0.821. The molecule has 0 amide bonds. The number of nitriles is 1. The third-order valence-corrected chi connectivity index (χ3v) is 3.57. The molecule has 1 aromatic heterocycles. The van der Waals surface area contributed by atoms with Gasteiger partial charge in [-0.15, -0.1) is 0 Å². The van der Waals surface area contributed by atoms with Gasteiger partial charge in [0.05, 0.1) is 12.6 Å². The van der Waals surface area contributed by atoms with Crippen molar-refractivity contribution in [2.45, 2.75) is 38.4 Å². The number of hydrogen-bond donors (Lipinski definition) is 1. The maximum Gasteiger partial charge on any atom is 0.122 e. The van der Waals surface area contributed by atoms with Crippen LogP contribution in [0.2, 0.25) is 0 Å². The summed E-state index contributed by atoms with van der Waals surface area (Å²) in [7, 11) is 5.88. The largest absolute Gasteiger partial charge is 0.337 e. The van der Waals surface area contributed by atoms with Gasteiger partial charge in [0.2, 0.25) is 0 Å². The number of aromatic nitrogens is 2. The summed E-state index contributed by atoms with van der Waals surface area (Å²) >= 11 is 0. The monoisotopic (exact) mass is 249 g/mol. The lowest BCUT2D eigenvalue weighted by atomic mass is 9.95. The molecule has 0 saturated carbocycles. The van der Waals surface area contributed by atoms with Crippen molar-refractivity contribution in [2.75, 3.05) is 14.1 Å². The lowest BCUT2D eigenvalue weighted by Crippen LogP contribution is -2.44. The zero-order valence-electron chi connectivity index (χ0n) is 11.9. The van der Waals surface area contributed by atoms with Crippen molar-refractivity contribution >= 4 is 0 Å². The minimum atomic E-state index is -0.477. The number of nitrogens with zero attached hydrogens (tertiary/aromatic N) is 4. The summed E-state index contributed by atoms with van der Waals surface area (Å²) in [5, 5.41) is 12.2. The molecule has 0 saturated heterocycles. The summed E-state index contributed by atoms with van der Waals surface area (Å²) < 4.78 is 2.02. The number of nitrogens with one attached hydrogen (secondary N) is 1. The van der Waals surface area contributed by atoms with E-state index in [4.69, 9.17) is 5.26 Å². The SMILES string of the molecule is CNC(C)(C#N)CC(C)N(C)Cc1nccn1C. The third-order valence-electron chi connectivity index (χ3n) is 3.57. The molecule has 1 heterocycles. The van der Waals surface area contributed by atoms with Crippen LogP contribution in [0, 0.1) is 11.3 Å². The minimum Gasteiger partial charge on any atom is -0.337 e. The first-order valence-electron chi connectivity index (χ1n) is 6.18. The maximum atomic E-state index is 9.17. The molecule has 0 aliphatic carbocycles. The zero-order valence-corrected chi connectivity index (χ0v) is 11.9. The Morgan fingerprint density at radius 3 is 2.78 bits per heavy atom. The molecule has 2 unspecified atom stereocenters. The molecule has 0 aliphatic heterocycles. The van der Waals surface area contributed by atoms with Gasteiger partial charge in [-0.3, -0.25) is 4.90 Å². The molecular formula is C13H23N5. The second-order valence-corrected chi connectivity index (χ2v) is 5.12. The molecule has 0 aliphatic rings. The van der Waals surface area contributed by atoms with Gasteiger partial charge in [-0.1, -0.05) is 0 Å². The topological polar surface area (TPSA) is 56.9 Å². The van der Waals surface area contributed by atoms with E-state index in [9.17, 15) is 0 Å². The van der Waals surface area contributed by atoms with Gasteiger partial charge < -0.3 is 9.88 Å². The normalized spacial score (nSPS) is 16.3. The molecule has 1 N–H and O–H groups in total. The predicted octanol–water partition coefficient (Wildman–Crippen LogP) is 1.13. The fourth-order valence-corrected chi connectivity index (χ4v) is 1.88. The third kappa shape index (κ3) is 3.56. The van der Waals surface area contributed by atoms with Crippen molar-refractivity contribution in [1.29, 1.82) is 5.26 Å². The van der Waals surface area contributed by atoms with E-state index in [1.165, 1.54) is 0 Å². The van der Waals surface area contributed by atoms with E-state index in [1.54, 1.807) is 6.20 Å². The molecule has 100 valence electrons. The smallest absolute Gasteiger partial charge is 0.122 e. The number of hydrogen-bond acceptors (Lipinski definition) is 4. The summed E-state index contributed by atoms with van der Waals surface area (Å²) in [5.74, 6) is 1.03. The molecule has 1 aromatic rings. The van der Waals surface area contributed by atoms with Gasteiger partial charge in [-0.25, -0.2) is 4.98 Å². The van der Waals surface area contributed by atoms with Crippen molar-refractivity contribution in [3.05, 3.63) is 18.2 Å². The number of aryl methyl sites for hydroxylation is 1. The van der Waals surface area contributed by atoms with Crippen LogP contribution in [0.1, 0.15) is 26.1 Å². The Morgan fingerprint density at radius 1 is 1.67 bits per heavy atom. The summed E-state index contributed by atoms with van der Waals surface area (Å²) in [6, 6.07) is 2.63. The van der Waals surface area contributed by atoms with Crippen molar-refractivity contribution in [3.63, 3.8) is 0 Å². The highest BCUT2D eigenvalue weighted by molar-refractivity contribution is 5.04. The van der Waals surface area contributed by atoms with Crippen molar-refractivity contribution in [2.24, 2.45) is 7.05 Å². The van der Waals surface area contributed by atoms with Gasteiger partial charge in [-0.2, -0.15) is 5.26 Å². The van der Waals surface area contributed by atoms with Crippen molar-refractivity contribution in [1.82, 2.24) is 19.8 Å². The first-order chi connectivity index (χ1) is 8.41. The van der Waals surface area contributed by atoms with Crippen LogP contribution in [0.3, 0.4) is 0 Å². The molecule has 5 nitrogen and oxygen atoms in total. The molecule has 0 aromatic carbocycles. The van der Waals surface area contributed by atoms with Crippen LogP contribution in [-0.2, 0) is 13.6 Å². The molecule has 1 rings (SSSR count). The van der Waals surface area contributed by atoms with E-state index in [1.807, 2.05) is 31.8 Å². The number of rotatable bonds is 6. The molecular weight excluding hydrogens is 226 g/mol. The van der Waals surface area contributed by atoms with E-state index in [2.05, 4.69) is 35.2 Å². The molecule has 18 heavy (non-hydrogen) atoms. The Hall–Kier alpha value is -1.38. The Balaban J connectivity index is 2.60. The zero-order chi connectivity index (χ0) is 13.8. The standard InChI is InChI=1S/C13H23N5/c1-11(8-13(2,10-14)15-3)18(5)9-12-16-6-7-17(12)4/h6-7,11,15H,8-9H2,1-5H3. The summed E-state index contributed by atoms with van der Waals surface area (Å²) in [6.45, 7) is 4.85. The van der Waals surface area contributed by atoms with Crippen molar-refractivity contribution in [3.8, 4) is 6.07 Å². The van der Waals surface area contributed by atoms with Crippen molar-refractivity contribution < 1.29 is 0 Å². The molecule has 0 fully saturated rings. The minimum absolute atomic E-state index is 0.304. The van der Waals surface area contributed by atoms with Gasteiger partial charge in [0, 0.05) is 25.5 Å². The molecule has 2 atom stereocenters. The lowest BCUT2D eigenvalue weighted by Gasteiger charge is -2.30. The molecule has 0 spiro atoms. The average Bonchev–Trinajstić information content (AvgIpc) is 2.74. The van der Waals surface area contributed by atoms with Crippen LogP contribution >= 0.6 is 0 Å². The maximum absolute atomic E-state index is 9.17. The predicted molar refractivity (Wildman–Crippen MR) is 71.8 cm³/mol. The first-order valence-corrected chi connectivity index (χ1v) is 6.18. The van der Waals surface area contributed by atoms with Gasteiger partial charge in [-0.05, 0) is 34.4 Å². The highest BCUT2D eigenvalue weighted by atomic mass is 15.2. The Kier molecular flexibility index (Phi) is 4.88. The lowest BCUT2D eigenvalue weighted by molar-refractivity contribution is 0.203. The van der Waals surface area contributed by atoms with Crippen LogP contribution in [-0.4, -0.2) is 40.1 Å². The fourth-order valence-electron chi connectivity index (χ4n) is 1.88. The fraction of sp³-hybridized carbons (Fsp3) is 0.692. The Bertz CT molecular complexity index is 419. The van der Waals surface area contributed by atoms with Crippen LogP contribution in [0.25, 0.3) is 0 Å². The van der Waals surface area contributed by atoms with E-state index < -0.39 is 5.54 Å². The van der Waals surface area contributed by atoms with Gasteiger partial charge >= 0.3 is 0 Å². The van der Waals surface area contributed by atoms with E-state index >= 15 is 0 Å². The summed E-state index contributed by atoms with van der Waals surface area (Å²) in [6.07, 6.45) is 4.53. The van der Waals surface area contributed by atoms with E-state index in [0.29, 0.717) is 6.04 Å². The van der Waals surface area contributed by atoms with Gasteiger partial charge in [0.25, 0.3) is 0 Å².